The number of benzene rings is 2. The van der Waals surface area contributed by atoms with Gasteiger partial charge in [0.25, 0.3) is 0 Å². The molecule has 3 N–H and O–H groups in total. The van der Waals surface area contributed by atoms with Gasteiger partial charge in [-0.05, 0) is 54.2 Å². The van der Waals surface area contributed by atoms with Crippen LogP contribution >= 0.6 is 0 Å². The maximum Gasteiger partial charge on any atom is 0.356 e. The van der Waals surface area contributed by atoms with E-state index in [1.807, 2.05) is 30.3 Å². The number of carboxylic acids is 1. The number of aromatic carboxylic acids is 1. The van der Waals surface area contributed by atoms with Gasteiger partial charge in [0.1, 0.15) is 5.69 Å². The first-order chi connectivity index (χ1) is 16.5. The fourth-order valence-corrected chi connectivity index (χ4v) is 4.59. The first-order valence-electron chi connectivity index (χ1n) is 11.2. The Bertz CT molecular complexity index is 1520. The molecule has 2 aromatic carbocycles. The Kier molecular flexibility index (Phi) is 4.56. The molecule has 1 aliphatic carbocycles. The summed E-state index contributed by atoms with van der Waals surface area (Å²) in [5.41, 5.74) is 11.5. The molecule has 3 heterocycles. The van der Waals surface area contributed by atoms with Gasteiger partial charge >= 0.3 is 5.97 Å². The van der Waals surface area contributed by atoms with Crippen molar-refractivity contribution in [1.29, 1.82) is 0 Å². The van der Waals surface area contributed by atoms with Crippen LogP contribution in [0.5, 0.6) is 0 Å². The standard InChI is InChI=1S/C26H22N6O2/c27-26(13-3-14-26)18-9-7-17(8-10-18)19-5-1-2-6-20(19)23-24(31-16-4-15-28-31)29-22-12-11-21(25(33)34)30-32(22)23/h1-2,4-12,15-16H,3,13-14,27H2,(H,33,34). The minimum atomic E-state index is -1.10. The number of nitrogens with zero attached hydrogens (tertiary/aromatic N) is 5. The molecule has 5 aromatic rings. The van der Waals surface area contributed by atoms with E-state index >= 15 is 0 Å². The van der Waals surface area contributed by atoms with Crippen LogP contribution in [-0.4, -0.2) is 35.5 Å². The summed E-state index contributed by atoms with van der Waals surface area (Å²) in [6, 6.07) is 21.3. The maximum absolute atomic E-state index is 11.6. The molecule has 0 radical (unpaired) electrons. The minimum Gasteiger partial charge on any atom is -0.476 e. The maximum atomic E-state index is 11.6. The van der Waals surface area contributed by atoms with Crippen molar-refractivity contribution in [2.45, 2.75) is 24.8 Å². The van der Waals surface area contributed by atoms with Gasteiger partial charge in [0, 0.05) is 23.5 Å². The highest BCUT2D eigenvalue weighted by atomic mass is 16.4. The zero-order valence-electron chi connectivity index (χ0n) is 18.3. The predicted octanol–water partition coefficient (Wildman–Crippen LogP) is 4.29. The number of rotatable bonds is 5. The molecule has 0 amide bonds. The van der Waals surface area contributed by atoms with Crippen molar-refractivity contribution >= 4 is 11.6 Å². The van der Waals surface area contributed by atoms with E-state index in [-0.39, 0.29) is 11.2 Å². The molecule has 8 nitrogen and oxygen atoms in total. The summed E-state index contributed by atoms with van der Waals surface area (Å²) in [4.78, 5) is 16.4. The number of nitrogens with two attached hydrogens (primary N) is 1. The highest BCUT2D eigenvalue weighted by Crippen LogP contribution is 2.40. The highest BCUT2D eigenvalue weighted by Gasteiger charge is 2.34. The van der Waals surface area contributed by atoms with Gasteiger partial charge in [0.2, 0.25) is 0 Å². The summed E-state index contributed by atoms with van der Waals surface area (Å²) in [6.07, 6.45) is 6.67. The third-order valence-corrected chi connectivity index (χ3v) is 6.60. The van der Waals surface area contributed by atoms with E-state index in [4.69, 9.17) is 10.7 Å². The Labute approximate surface area is 195 Å². The van der Waals surface area contributed by atoms with Crippen molar-refractivity contribution in [1.82, 2.24) is 24.4 Å². The molecule has 0 atom stereocenters. The zero-order chi connectivity index (χ0) is 23.3. The van der Waals surface area contributed by atoms with Crippen LogP contribution in [0.2, 0.25) is 0 Å². The Morgan fingerprint density at radius 2 is 1.74 bits per heavy atom. The van der Waals surface area contributed by atoms with E-state index in [1.165, 1.54) is 6.07 Å². The van der Waals surface area contributed by atoms with E-state index in [1.54, 1.807) is 27.7 Å². The third kappa shape index (κ3) is 3.19. The van der Waals surface area contributed by atoms with E-state index in [9.17, 15) is 9.90 Å². The van der Waals surface area contributed by atoms with Crippen molar-refractivity contribution in [3.8, 4) is 28.2 Å². The Hall–Kier alpha value is -4.30. The van der Waals surface area contributed by atoms with Crippen LogP contribution in [0.15, 0.2) is 79.1 Å². The second-order valence-electron chi connectivity index (χ2n) is 8.66. The van der Waals surface area contributed by atoms with Crippen LogP contribution < -0.4 is 5.73 Å². The fourth-order valence-electron chi connectivity index (χ4n) is 4.59. The summed E-state index contributed by atoms with van der Waals surface area (Å²) in [6.45, 7) is 0. The van der Waals surface area contributed by atoms with Gasteiger partial charge in [-0.1, -0.05) is 48.5 Å². The number of aromatic nitrogens is 5. The van der Waals surface area contributed by atoms with Gasteiger partial charge < -0.3 is 10.8 Å². The average molecular weight is 451 g/mol. The molecule has 0 spiro atoms. The number of hydrogen-bond donors (Lipinski definition) is 2. The van der Waals surface area contributed by atoms with Crippen molar-refractivity contribution in [2.24, 2.45) is 5.73 Å². The van der Waals surface area contributed by atoms with Gasteiger partial charge in [-0.3, -0.25) is 0 Å². The molecule has 0 bridgehead atoms. The molecular formula is C26H22N6O2. The van der Waals surface area contributed by atoms with Crippen molar-refractivity contribution < 1.29 is 9.90 Å². The van der Waals surface area contributed by atoms with Crippen molar-refractivity contribution in [3.05, 3.63) is 90.4 Å². The topological polar surface area (TPSA) is 111 Å². The second kappa shape index (κ2) is 7.64. The Morgan fingerprint density at radius 3 is 2.38 bits per heavy atom. The number of carbonyl (C=O) groups is 1. The molecule has 34 heavy (non-hydrogen) atoms. The summed E-state index contributed by atoms with van der Waals surface area (Å²) < 4.78 is 3.25. The smallest absolute Gasteiger partial charge is 0.356 e. The molecule has 0 saturated heterocycles. The fraction of sp³-hybridized carbons (Fsp3) is 0.154. The van der Waals surface area contributed by atoms with Gasteiger partial charge in [-0.2, -0.15) is 10.2 Å². The van der Waals surface area contributed by atoms with Gasteiger partial charge in [0.05, 0.1) is 0 Å². The summed E-state index contributed by atoms with van der Waals surface area (Å²) in [5, 5.41) is 18.3. The third-order valence-electron chi connectivity index (χ3n) is 6.60. The minimum absolute atomic E-state index is 0.0614. The van der Waals surface area contributed by atoms with E-state index in [0.29, 0.717) is 17.2 Å². The molecule has 3 aromatic heterocycles. The van der Waals surface area contributed by atoms with E-state index in [2.05, 4.69) is 34.5 Å². The number of hydrogen-bond acceptors (Lipinski definition) is 5. The number of imidazole rings is 1. The molecular weight excluding hydrogens is 428 g/mol. The normalized spacial score (nSPS) is 14.7. The monoisotopic (exact) mass is 450 g/mol. The first-order valence-corrected chi connectivity index (χ1v) is 11.2. The van der Waals surface area contributed by atoms with Gasteiger partial charge in [-0.15, -0.1) is 0 Å². The lowest BCUT2D eigenvalue weighted by Crippen LogP contribution is -2.43. The molecule has 0 unspecified atom stereocenters. The van der Waals surface area contributed by atoms with E-state index in [0.717, 1.165) is 41.5 Å². The summed E-state index contributed by atoms with van der Waals surface area (Å²) in [5.74, 6) is -0.530. The molecule has 0 aliphatic heterocycles. The molecule has 6 rings (SSSR count). The van der Waals surface area contributed by atoms with Crippen LogP contribution in [0.1, 0.15) is 35.3 Å². The van der Waals surface area contributed by atoms with Crippen molar-refractivity contribution in [3.63, 3.8) is 0 Å². The zero-order valence-corrected chi connectivity index (χ0v) is 18.3. The summed E-state index contributed by atoms with van der Waals surface area (Å²) in [7, 11) is 0. The molecule has 8 heteroatoms. The lowest BCUT2D eigenvalue weighted by Gasteiger charge is -2.38. The lowest BCUT2D eigenvalue weighted by atomic mass is 9.72. The van der Waals surface area contributed by atoms with Crippen LogP contribution in [0, 0.1) is 0 Å². The van der Waals surface area contributed by atoms with Gasteiger partial charge in [0.15, 0.2) is 17.2 Å². The van der Waals surface area contributed by atoms with E-state index < -0.39 is 5.97 Å². The van der Waals surface area contributed by atoms with Crippen LogP contribution in [0.25, 0.3) is 33.8 Å². The quantitative estimate of drug-likeness (QED) is 0.413. The Balaban J connectivity index is 1.56. The first kappa shape index (κ1) is 20.3. The average Bonchev–Trinajstić information content (AvgIpc) is 3.50. The molecule has 1 saturated carbocycles. The summed E-state index contributed by atoms with van der Waals surface area (Å²) >= 11 is 0. The van der Waals surface area contributed by atoms with Crippen LogP contribution in [0.3, 0.4) is 0 Å². The molecule has 1 aliphatic rings. The molecule has 1 fully saturated rings. The number of carboxylic acid groups (broad SMARTS) is 1. The molecule has 168 valence electrons. The second-order valence-corrected chi connectivity index (χ2v) is 8.66. The van der Waals surface area contributed by atoms with Crippen LogP contribution in [0.4, 0.5) is 0 Å². The van der Waals surface area contributed by atoms with Crippen molar-refractivity contribution in [2.75, 3.05) is 0 Å². The Morgan fingerprint density at radius 1 is 0.971 bits per heavy atom. The largest absolute Gasteiger partial charge is 0.476 e. The number of fused-ring (bicyclic) bond motifs is 1. The predicted molar refractivity (Wildman–Crippen MR) is 128 cm³/mol. The van der Waals surface area contributed by atoms with Crippen LogP contribution in [-0.2, 0) is 5.54 Å². The highest BCUT2D eigenvalue weighted by molar-refractivity contribution is 5.88. The SMILES string of the molecule is NC1(c2ccc(-c3ccccc3-c3c(-n4cccn4)nc4ccc(C(=O)O)nn34)cc2)CCC1. The lowest BCUT2D eigenvalue weighted by molar-refractivity contribution is 0.0689. The van der Waals surface area contributed by atoms with Gasteiger partial charge in [-0.25, -0.2) is 19.0 Å².